The molecule has 1 fully saturated rings. The van der Waals surface area contributed by atoms with Gasteiger partial charge in [0.05, 0.1) is 12.8 Å². The highest BCUT2D eigenvalue weighted by molar-refractivity contribution is 5.62. The lowest BCUT2D eigenvalue weighted by Gasteiger charge is -2.33. The molecule has 0 saturated carbocycles. The van der Waals surface area contributed by atoms with Crippen LogP contribution in [0.2, 0.25) is 0 Å². The van der Waals surface area contributed by atoms with Gasteiger partial charge in [0.15, 0.2) is 0 Å². The van der Waals surface area contributed by atoms with Gasteiger partial charge in [-0.2, -0.15) is 0 Å². The molecule has 0 bridgehead atoms. The number of nitrogens with zero attached hydrogens (tertiary/aromatic N) is 1. The minimum Gasteiger partial charge on any atom is -0.495 e. The SMILES string of the molecule is COc1cc(N2CCC2)ccc1N. The van der Waals surface area contributed by atoms with Gasteiger partial charge in [-0.1, -0.05) is 0 Å². The molecule has 1 heterocycles. The molecule has 1 saturated heterocycles. The van der Waals surface area contributed by atoms with Crippen molar-refractivity contribution in [3.63, 3.8) is 0 Å². The topological polar surface area (TPSA) is 38.5 Å². The highest BCUT2D eigenvalue weighted by Gasteiger charge is 2.15. The summed E-state index contributed by atoms with van der Waals surface area (Å²) in [5.74, 6) is 0.768. The summed E-state index contributed by atoms with van der Waals surface area (Å²) in [6, 6.07) is 5.93. The quantitative estimate of drug-likeness (QED) is 0.697. The summed E-state index contributed by atoms with van der Waals surface area (Å²) < 4.78 is 5.15. The molecule has 1 aliphatic rings. The fourth-order valence-corrected chi connectivity index (χ4v) is 1.47. The standard InChI is InChI=1S/C10H14N2O/c1-13-10-7-8(3-4-9(10)11)12-5-2-6-12/h3-4,7H,2,5-6,11H2,1H3. The first-order chi connectivity index (χ1) is 6.31. The van der Waals surface area contributed by atoms with Crippen LogP contribution in [-0.4, -0.2) is 20.2 Å². The molecule has 0 atom stereocenters. The van der Waals surface area contributed by atoms with Gasteiger partial charge in [-0.15, -0.1) is 0 Å². The third kappa shape index (κ3) is 1.41. The maximum atomic E-state index is 5.72. The van der Waals surface area contributed by atoms with Crippen LogP contribution in [0, 0.1) is 0 Å². The number of nitrogens with two attached hydrogens (primary N) is 1. The zero-order valence-electron chi connectivity index (χ0n) is 7.79. The second-order valence-corrected chi connectivity index (χ2v) is 3.27. The lowest BCUT2D eigenvalue weighted by atomic mass is 10.1. The summed E-state index contributed by atoms with van der Waals surface area (Å²) in [6.45, 7) is 2.29. The van der Waals surface area contributed by atoms with Gasteiger partial charge < -0.3 is 15.4 Å². The van der Waals surface area contributed by atoms with E-state index in [9.17, 15) is 0 Å². The summed E-state index contributed by atoms with van der Waals surface area (Å²) >= 11 is 0. The van der Waals surface area contributed by atoms with E-state index in [1.165, 1.54) is 12.1 Å². The Kier molecular flexibility index (Phi) is 2.00. The molecule has 3 nitrogen and oxygen atoms in total. The van der Waals surface area contributed by atoms with Crippen molar-refractivity contribution in [3.05, 3.63) is 18.2 Å². The number of nitrogen functional groups attached to an aromatic ring is 1. The van der Waals surface area contributed by atoms with Gasteiger partial charge in [0.1, 0.15) is 5.75 Å². The molecule has 13 heavy (non-hydrogen) atoms. The molecular weight excluding hydrogens is 164 g/mol. The minimum absolute atomic E-state index is 0.701. The molecule has 2 N–H and O–H groups in total. The van der Waals surface area contributed by atoms with E-state index in [-0.39, 0.29) is 0 Å². The van der Waals surface area contributed by atoms with E-state index in [4.69, 9.17) is 10.5 Å². The summed E-state index contributed by atoms with van der Waals surface area (Å²) in [4.78, 5) is 2.31. The van der Waals surface area contributed by atoms with Gasteiger partial charge >= 0.3 is 0 Å². The lowest BCUT2D eigenvalue weighted by Crippen LogP contribution is -2.36. The Morgan fingerprint density at radius 3 is 2.69 bits per heavy atom. The molecular formula is C10H14N2O. The van der Waals surface area contributed by atoms with Gasteiger partial charge in [0.2, 0.25) is 0 Å². The average Bonchev–Trinajstić information content (AvgIpc) is 2.05. The molecule has 0 amide bonds. The number of rotatable bonds is 2. The highest BCUT2D eigenvalue weighted by Crippen LogP contribution is 2.29. The molecule has 0 aliphatic carbocycles. The number of hydrogen-bond donors (Lipinski definition) is 1. The number of hydrogen-bond acceptors (Lipinski definition) is 3. The molecule has 0 unspecified atom stereocenters. The van der Waals surface area contributed by atoms with Gasteiger partial charge in [-0.25, -0.2) is 0 Å². The first-order valence-electron chi connectivity index (χ1n) is 4.50. The van der Waals surface area contributed by atoms with E-state index in [2.05, 4.69) is 4.90 Å². The molecule has 70 valence electrons. The predicted molar refractivity (Wildman–Crippen MR) is 54.2 cm³/mol. The molecule has 1 aliphatic heterocycles. The Hall–Kier alpha value is -1.38. The Morgan fingerprint density at radius 1 is 1.38 bits per heavy atom. The monoisotopic (exact) mass is 178 g/mol. The van der Waals surface area contributed by atoms with Crippen LogP contribution in [-0.2, 0) is 0 Å². The smallest absolute Gasteiger partial charge is 0.143 e. The lowest BCUT2D eigenvalue weighted by molar-refractivity contribution is 0.416. The maximum absolute atomic E-state index is 5.72. The first kappa shape index (κ1) is 8.23. The van der Waals surface area contributed by atoms with Crippen molar-refractivity contribution in [2.75, 3.05) is 30.8 Å². The number of anilines is 2. The molecule has 0 aromatic heterocycles. The van der Waals surface area contributed by atoms with Crippen LogP contribution in [0.15, 0.2) is 18.2 Å². The van der Waals surface area contributed by atoms with Gasteiger partial charge in [-0.05, 0) is 18.6 Å². The van der Waals surface area contributed by atoms with Crippen LogP contribution in [0.3, 0.4) is 0 Å². The Morgan fingerprint density at radius 2 is 2.15 bits per heavy atom. The summed E-state index contributed by atoms with van der Waals surface area (Å²) in [5.41, 5.74) is 7.62. The zero-order valence-corrected chi connectivity index (χ0v) is 7.79. The molecule has 1 aromatic rings. The van der Waals surface area contributed by atoms with Gasteiger partial charge in [0.25, 0.3) is 0 Å². The van der Waals surface area contributed by atoms with Crippen LogP contribution in [0.25, 0.3) is 0 Å². The first-order valence-corrected chi connectivity index (χ1v) is 4.50. The predicted octanol–water partition coefficient (Wildman–Crippen LogP) is 1.49. The Bertz CT molecular complexity index is 308. The number of benzene rings is 1. The van der Waals surface area contributed by atoms with Crippen LogP contribution in [0.1, 0.15) is 6.42 Å². The van der Waals surface area contributed by atoms with Crippen molar-refractivity contribution >= 4 is 11.4 Å². The fourth-order valence-electron chi connectivity index (χ4n) is 1.47. The average molecular weight is 178 g/mol. The second kappa shape index (κ2) is 3.17. The van der Waals surface area contributed by atoms with Crippen molar-refractivity contribution in [1.82, 2.24) is 0 Å². The summed E-state index contributed by atoms with van der Waals surface area (Å²) in [7, 11) is 1.64. The van der Waals surface area contributed by atoms with E-state index in [1.807, 2.05) is 18.2 Å². The largest absolute Gasteiger partial charge is 0.495 e. The zero-order chi connectivity index (χ0) is 9.26. The third-order valence-corrected chi connectivity index (χ3v) is 2.44. The van der Waals surface area contributed by atoms with E-state index < -0.39 is 0 Å². The van der Waals surface area contributed by atoms with Crippen LogP contribution in [0.5, 0.6) is 5.75 Å². The highest BCUT2D eigenvalue weighted by atomic mass is 16.5. The molecule has 0 radical (unpaired) electrons. The van der Waals surface area contributed by atoms with Crippen molar-refractivity contribution in [2.45, 2.75) is 6.42 Å². The van der Waals surface area contributed by atoms with Crippen LogP contribution >= 0.6 is 0 Å². The van der Waals surface area contributed by atoms with E-state index in [0.717, 1.165) is 18.8 Å². The van der Waals surface area contributed by atoms with Crippen molar-refractivity contribution in [1.29, 1.82) is 0 Å². The number of methoxy groups -OCH3 is 1. The van der Waals surface area contributed by atoms with E-state index in [0.29, 0.717) is 5.69 Å². The second-order valence-electron chi connectivity index (χ2n) is 3.27. The summed E-state index contributed by atoms with van der Waals surface area (Å²) in [5, 5.41) is 0. The van der Waals surface area contributed by atoms with Crippen molar-refractivity contribution in [2.24, 2.45) is 0 Å². The summed E-state index contributed by atoms with van der Waals surface area (Å²) in [6.07, 6.45) is 1.28. The Balaban J connectivity index is 2.26. The van der Waals surface area contributed by atoms with Crippen LogP contribution in [0.4, 0.5) is 11.4 Å². The fraction of sp³-hybridized carbons (Fsp3) is 0.400. The number of ether oxygens (including phenoxy) is 1. The normalized spacial score (nSPS) is 15.3. The van der Waals surface area contributed by atoms with Gasteiger partial charge in [0, 0.05) is 24.8 Å². The van der Waals surface area contributed by atoms with Gasteiger partial charge in [-0.3, -0.25) is 0 Å². The Labute approximate surface area is 78.1 Å². The molecule has 0 spiro atoms. The third-order valence-electron chi connectivity index (χ3n) is 2.44. The van der Waals surface area contributed by atoms with E-state index >= 15 is 0 Å². The minimum atomic E-state index is 0.701. The molecule has 3 heteroatoms. The molecule has 2 rings (SSSR count). The van der Waals surface area contributed by atoms with Crippen molar-refractivity contribution < 1.29 is 4.74 Å². The van der Waals surface area contributed by atoms with Crippen LogP contribution < -0.4 is 15.4 Å². The van der Waals surface area contributed by atoms with E-state index in [1.54, 1.807) is 7.11 Å². The molecule has 1 aromatic carbocycles. The maximum Gasteiger partial charge on any atom is 0.143 e. The van der Waals surface area contributed by atoms with Crippen molar-refractivity contribution in [3.8, 4) is 5.75 Å².